The molecule has 2 heterocycles. The molecule has 0 saturated heterocycles. The third-order valence-electron chi connectivity index (χ3n) is 12.2. The third kappa shape index (κ3) is 12.8. The normalized spacial score (nSPS) is 17.1. The van der Waals surface area contributed by atoms with Crippen molar-refractivity contribution in [3.63, 3.8) is 0 Å². The van der Waals surface area contributed by atoms with Crippen molar-refractivity contribution in [3.8, 4) is 23.0 Å². The van der Waals surface area contributed by atoms with Crippen LogP contribution in [0.2, 0.25) is 0 Å². The molecule has 0 amide bonds. The smallest absolute Gasteiger partial charge is 0.128 e. The fraction of sp³-hybridized carbons (Fsp3) is 0.564. The summed E-state index contributed by atoms with van der Waals surface area (Å²) < 4.78 is 43.7. The number of fused-ring (bicyclic) bond motifs is 2. The SMILES string of the molecule is CC(C)(C)c1cc2c(O)c(c1)Cc1cc(C(C)(C)C)cc3c1OCCOCCOCCOCCOCCOc1c(cc(C(C)(C)C)cc1Cc1cc(C(C)(C)C)cc(c1O)C3)COC2. The average Bonchev–Trinajstić information content (AvgIpc) is 3.19. The number of phenols is 2. The Bertz CT molecular complexity index is 2210. The molecule has 4 aromatic carbocycles. The van der Waals surface area contributed by atoms with Crippen molar-refractivity contribution in [2.75, 3.05) is 66.1 Å². The Morgan fingerprint density at radius 2 is 0.562 bits per heavy atom. The molecule has 0 spiro atoms. The van der Waals surface area contributed by atoms with Gasteiger partial charge in [0.2, 0.25) is 0 Å². The molecule has 6 rings (SSSR count). The van der Waals surface area contributed by atoms with E-state index in [1.165, 1.54) is 0 Å². The molecule has 0 unspecified atom stereocenters. The first kappa shape index (κ1) is 49.3. The molecule has 0 aliphatic carbocycles. The first-order valence-electron chi connectivity index (χ1n) is 23.3. The van der Waals surface area contributed by atoms with Crippen LogP contribution < -0.4 is 9.47 Å². The molecule has 9 nitrogen and oxygen atoms in total. The molecule has 2 aliphatic rings. The second-order valence-corrected chi connectivity index (χ2v) is 21.7. The lowest BCUT2D eigenvalue weighted by molar-refractivity contribution is -0.00712. The van der Waals surface area contributed by atoms with Gasteiger partial charge in [-0.1, -0.05) is 119 Å². The average molecular weight is 881 g/mol. The Balaban J connectivity index is 1.64. The fourth-order valence-electron chi connectivity index (χ4n) is 8.20. The molecule has 4 aromatic rings. The summed E-state index contributed by atoms with van der Waals surface area (Å²) in [5.74, 6) is 1.92. The first-order valence-corrected chi connectivity index (χ1v) is 23.3. The van der Waals surface area contributed by atoms with E-state index in [-0.39, 0.29) is 46.4 Å². The zero-order chi connectivity index (χ0) is 46.5. The van der Waals surface area contributed by atoms with Crippen LogP contribution in [0.5, 0.6) is 23.0 Å². The van der Waals surface area contributed by atoms with Gasteiger partial charge in [0.15, 0.2) is 0 Å². The number of phenolic OH excluding ortho intramolecular Hbond substituents is 2. The molecule has 64 heavy (non-hydrogen) atoms. The highest BCUT2D eigenvalue weighted by atomic mass is 16.6. The zero-order valence-electron chi connectivity index (χ0n) is 41.0. The van der Waals surface area contributed by atoms with Gasteiger partial charge in [-0.15, -0.1) is 0 Å². The minimum atomic E-state index is -0.214. The number of hydrogen-bond acceptors (Lipinski definition) is 9. The van der Waals surface area contributed by atoms with Crippen LogP contribution >= 0.6 is 0 Å². The lowest BCUT2D eigenvalue weighted by atomic mass is 9.80. The highest BCUT2D eigenvalue weighted by molar-refractivity contribution is 5.57. The van der Waals surface area contributed by atoms with Crippen molar-refractivity contribution in [2.45, 2.75) is 137 Å². The summed E-state index contributed by atoms with van der Waals surface area (Å²) in [7, 11) is 0. The predicted octanol–water partition coefficient (Wildman–Crippen LogP) is 10.9. The van der Waals surface area contributed by atoms with E-state index in [0.717, 1.165) is 72.5 Å². The van der Waals surface area contributed by atoms with E-state index in [2.05, 4.69) is 132 Å². The van der Waals surface area contributed by atoms with Gasteiger partial charge in [0.05, 0.1) is 66.1 Å². The number of benzene rings is 4. The lowest BCUT2D eigenvalue weighted by Gasteiger charge is -2.27. The Hall–Kier alpha value is -4.12. The maximum atomic E-state index is 12.6. The van der Waals surface area contributed by atoms with Crippen LogP contribution in [0.15, 0.2) is 48.5 Å². The summed E-state index contributed by atoms with van der Waals surface area (Å²) in [6.45, 7) is 30.9. The molecular formula is C55H76O9. The van der Waals surface area contributed by atoms with Crippen LogP contribution in [-0.2, 0) is 77.8 Å². The summed E-state index contributed by atoms with van der Waals surface area (Å²) in [4.78, 5) is 0. The van der Waals surface area contributed by atoms with Crippen LogP contribution in [0, 0.1) is 0 Å². The molecule has 0 saturated carbocycles. The van der Waals surface area contributed by atoms with Crippen LogP contribution in [0.25, 0.3) is 0 Å². The second kappa shape index (κ2) is 20.6. The van der Waals surface area contributed by atoms with Crippen molar-refractivity contribution >= 4 is 0 Å². The molecule has 9 heteroatoms. The van der Waals surface area contributed by atoms with Gasteiger partial charge in [0.25, 0.3) is 0 Å². The van der Waals surface area contributed by atoms with Crippen molar-refractivity contribution in [2.24, 2.45) is 0 Å². The Kier molecular flexibility index (Phi) is 15.9. The maximum absolute atomic E-state index is 12.6. The van der Waals surface area contributed by atoms with Crippen molar-refractivity contribution < 1.29 is 43.4 Å². The monoisotopic (exact) mass is 881 g/mol. The molecule has 10 bridgehead atoms. The highest BCUT2D eigenvalue weighted by Crippen LogP contribution is 2.42. The van der Waals surface area contributed by atoms with Crippen molar-refractivity contribution in [1.82, 2.24) is 0 Å². The molecule has 350 valence electrons. The van der Waals surface area contributed by atoms with E-state index in [1.807, 2.05) is 0 Å². The van der Waals surface area contributed by atoms with Gasteiger partial charge < -0.3 is 43.4 Å². The molecule has 0 atom stereocenters. The predicted molar refractivity (Wildman–Crippen MR) is 255 cm³/mol. The van der Waals surface area contributed by atoms with Gasteiger partial charge in [0, 0.05) is 30.4 Å². The first-order chi connectivity index (χ1) is 30.1. The maximum Gasteiger partial charge on any atom is 0.128 e. The van der Waals surface area contributed by atoms with E-state index >= 15 is 0 Å². The summed E-state index contributed by atoms with van der Waals surface area (Å²) in [6, 6.07) is 17.4. The van der Waals surface area contributed by atoms with Crippen LogP contribution in [0.4, 0.5) is 0 Å². The number of aromatic hydroxyl groups is 2. The molecule has 0 fully saturated rings. The van der Waals surface area contributed by atoms with Crippen molar-refractivity contribution in [3.05, 3.63) is 115 Å². The van der Waals surface area contributed by atoms with E-state index in [9.17, 15) is 10.2 Å². The minimum absolute atomic E-state index is 0.190. The quantitative estimate of drug-likeness (QED) is 0.179. The molecule has 0 radical (unpaired) electrons. The summed E-state index contributed by atoms with van der Waals surface area (Å²) in [5, 5.41) is 24.8. The van der Waals surface area contributed by atoms with Gasteiger partial charge in [-0.2, -0.15) is 0 Å². The number of ether oxygens (including phenoxy) is 7. The molecule has 2 N–H and O–H groups in total. The minimum Gasteiger partial charge on any atom is -0.507 e. The van der Waals surface area contributed by atoms with Gasteiger partial charge in [-0.3, -0.25) is 0 Å². The third-order valence-corrected chi connectivity index (χ3v) is 12.2. The Morgan fingerprint density at radius 3 is 0.906 bits per heavy atom. The van der Waals surface area contributed by atoms with E-state index in [4.69, 9.17) is 33.2 Å². The topological polar surface area (TPSA) is 105 Å². The molecular weight excluding hydrogens is 805 g/mol. The summed E-state index contributed by atoms with van der Waals surface area (Å²) in [5.41, 5.74) is 10.6. The van der Waals surface area contributed by atoms with Gasteiger partial charge >= 0.3 is 0 Å². The second-order valence-electron chi connectivity index (χ2n) is 21.7. The fourth-order valence-corrected chi connectivity index (χ4v) is 8.20. The Labute approximate surface area is 383 Å². The van der Waals surface area contributed by atoms with Gasteiger partial charge in [0.1, 0.15) is 36.2 Å². The van der Waals surface area contributed by atoms with E-state index in [0.29, 0.717) is 91.1 Å². The van der Waals surface area contributed by atoms with E-state index in [1.54, 1.807) is 0 Å². The van der Waals surface area contributed by atoms with Crippen molar-refractivity contribution in [1.29, 1.82) is 0 Å². The zero-order valence-corrected chi connectivity index (χ0v) is 41.0. The van der Waals surface area contributed by atoms with Gasteiger partial charge in [-0.05, 0) is 89.4 Å². The number of hydrogen-bond donors (Lipinski definition) is 2. The van der Waals surface area contributed by atoms with E-state index < -0.39 is 0 Å². The Morgan fingerprint density at radius 1 is 0.312 bits per heavy atom. The number of rotatable bonds is 0. The molecule has 0 aromatic heterocycles. The summed E-state index contributed by atoms with van der Waals surface area (Å²) >= 11 is 0. The largest absolute Gasteiger partial charge is 0.507 e. The summed E-state index contributed by atoms with van der Waals surface area (Å²) in [6.07, 6.45) is 1.27. The standard InChI is InChI=1S/C55H76O9/c1-52(2,3)44-26-36-23-39-29-46(54(7,8)9)30-40-25-38-28-45(53(4,5)6)32-42(49(38)57)34-62-35-43-33-47(55(10,11)12)31-41(24-37(27-44)48(36)56)51(43)64-22-20-61-18-16-59-14-13-58-15-17-60-19-21-63-50(39)40/h26-33,56-57H,13-25,34-35H2,1-12H3. The lowest BCUT2D eigenvalue weighted by Crippen LogP contribution is -2.17. The van der Waals surface area contributed by atoms with Crippen LogP contribution in [0.1, 0.15) is 150 Å². The molecule has 2 aliphatic heterocycles. The van der Waals surface area contributed by atoms with Gasteiger partial charge in [-0.25, -0.2) is 0 Å². The highest BCUT2D eigenvalue weighted by Gasteiger charge is 2.28. The van der Waals surface area contributed by atoms with Crippen LogP contribution in [0.3, 0.4) is 0 Å². The van der Waals surface area contributed by atoms with Crippen LogP contribution in [-0.4, -0.2) is 76.3 Å².